The van der Waals surface area contributed by atoms with Gasteiger partial charge in [0, 0.05) is 16.2 Å². The van der Waals surface area contributed by atoms with Gasteiger partial charge in [-0.05, 0) is 64.8 Å². The molecule has 0 aliphatic heterocycles. The van der Waals surface area contributed by atoms with E-state index in [0.29, 0.717) is 21.7 Å². The van der Waals surface area contributed by atoms with E-state index in [4.69, 9.17) is 4.74 Å². The number of halogens is 2. The normalized spacial score (nSPS) is 11.0. The maximum atomic E-state index is 10.3. The third-order valence-corrected chi connectivity index (χ3v) is 4.69. The smallest absolute Gasteiger partial charge is 0.165 e. The molecule has 0 amide bonds. The molecule has 2 N–H and O–H groups in total. The highest BCUT2D eigenvalue weighted by atomic mass is 79.9. The molecule has 0 unspecified atom stereocenters. The van der Waals surface area contributed by atoms with E-state index in [1.54, 1.807) is 31.5 Å². The number of ether oxygens (including phenoxy) is 1. The maximum absolute atomic E-state index is 10.3. The highest BCUT2D eigenvalue weighted by Crippen LogP contribution is 2.37. The summed E-state index contributed by atoms with van der Waals surface area (Å²) in [6.45, 7) is 1.85. The van der Waals surface area contributed by atoms with Crippen LogP contribution in [0.3, 0.4) is 0 Å². The van der Waals surface area contributed by atoms with Crippen molar-refractivity contribution >= 4 is 43.9 Å². The van der Waals surface area contributed by atoms with E-state index >= 15 is 0 Å². The number of anilines is 1. The molecule has 27 heavy (non-hydrogen) atoms. The molecule has 0 spiro atoms. The van der Waals surface area contributed by atoms with Crippen LogP contribution in [0, 0.1) is 6.92 Å². The van der Waals surface area contributed by atoms with Crippen molar-refractivity contribution in [1.29, 1.82) is 0 Å². The zero-order valence-corrected chi connectivity index (χ0v) is 17.7. The number of aryl methyl sites for hydroxylation is 1. The molecule has 2 aromatic carbocycles. The quantitative estimate of drug-likeness (QED) is 0.381. The standard InChI is InChI=1S/C19H16Br2N4O2/c1-11-7-17(25-22-10-12-3-5-14(27-2)6-4-12)24-19(23-11)15-8-13(20)9-16(21)18(15)26/h3-10,26H,1-2H3,(H,23,24,25)/b22-10-. The van der Waals surface area contributed by atoms with Crippen LogP contribution in [-0.2, 0) is 0 Å². The Balaban J connectivity index is 1.84. The highest BCUT2D eigenvalue weighted by Gasteiger charge is 2.13. The predicted octanol–water partition coefficient (Wildman–Crippen LogP) is 5.14. The van der Waals surface area contributed by atoms with Crippen LogP contribution in [0.25, 0.3) is 11.4 Å². The lowest BCUT2D eigenvalue weighted by Crippen LogP contribution is -1.99. The first kappa shape index (κ1) is 19.3. The fourth-order valence-corrected chi connectivity index (χ4v) is 3.57. The molecule has 3 aromatic rings. The summed E-state index contributed by atoms with van der Waals surface area (Å²) in [6, 6.07) is 12.8. The molecular weight excluding hydrogens is 476 g/mol. The topological polar surface area (TPSA) is 79.6 Å². The van der Waals surface area contributed by atoms with Gasteiger partial charge >= 0.3 is 0 Å². The van der Waals surface area contributed by atoms with Gasteiger partial charge in [0.25, 0.3) is 0 Å². The second kappa shape index (κ2) is 8.49. The molecule has 0 fully saturated rings. The number of phenols is 1. The highest BCUT2D eigenvalue weighted by molar-refractivity contribution is 9.11. The van der Waals surface area contributed by atoms with E-state index in [1.165, 1.54) is 0 Å². The Morgan fingerprint density at radius 2 is 1.85 bits per heavy atom. The zero-order chi connectivity index (χ0) is 19.4. The first-order chi connectivity index (χ1) is 13.0. The van der Waals surface area contributed by atoms with Crippen molar-refractivity contribution in [3.05, 3.63) is 62.7 Å². The van der Waals surface area contributed by atoms with Crippen LogP contribution >= 0.6 is 31.9 Å². The average Bonchev–Trinajstić information content (AvgIpc) is 2.65. The van der Waals surface area contributed by atoms with Gasteiger partial charge in [-0.1, -0.05) is 15.9 Å². The molecular formula is C19H16Br2N4O2. The molecule has 3 rings (SSSR count). The van der Waals surface area contributed by atoms with Gasteiger partial charge in [0.05, 0.1) is 23.4 Å². The van der Waals surface area contributed by atoms with Gasteiger partial charge in [0.1, 0.15) is 11.5 Å². The molecule has 0 aliphatic carbocycles. The van der Waals surface area contributed by atoms with Gasteiger partial charge < -0.3 is 9.84 Å². The zero-order valence-electron chi connectivity index (χ0n) is 14.6. The van der Waals surface area contributed by atoms with E-state index in [-0.39, 0.29) is 5.75 Å². The monoisotopic (exact) mass is 490 g/mol. The Labute approximate surface area is 173 Å². The van der Waals surface area contributed by atoms with Crippen molar-refractivity contribution in [2.75, 3.05) is 12.5 Å². The molecule has 0 aliphatic rings. The lowest BCUT2D eigenvalue weighted by molar-refractivity contribution is 0.415. The Morgan fingerprint density at radius 3 is 2.56 bits per heavy atom. The van der Waals surface area contributed by atoms with Crippen LogP contribution in [0.5, 0.6) is 11.5 Å². The van der Waals surface area contributed by atoms with Crippen LogP contribution in [0.2, 0.25) is 0 Å². The fraction of sp³-hybridized carbons (Fsp3) is 0.105. The summed E-state index contributed by atoms with van der Waals surface area (Å²) in [7, 11) is 1.63. The van der Waals surface area contributed by atoms with E-state index in [2.05, 4.69) is 52.4 Å². The minimum Gasteiger partial charge on any atom is -0.506 e. The summed E-state index contributed by atoms with van der Waals surface area (Å²) in [5.74, 6) is 1.79. The van der Waals surface area contributed by atoms with E-state index < -0.39 is 0 Å². The van der Waals surface area contributed by atoms with Gasteiger partial charge in [0.2, 0.25) is 0 Å². The number of phenolic OH excluding ortho intramolecular Hbond substituents is 1. The van der Waals surface area contributed by atoms with Crippen LogP contribution in [0.4, 0.5) is 5.82 Å². The molecule has 0 atom stereocenters. The van der Waals surface area contributed by atoms with Crippen molar-refractivity contribution in [1.82, 2.24) is 9.97 Å². The van der Waals surface area contributed by atoms with Crippen molar-refractivity contribution in [3.63, 3.8) is 0 Å². The van der Waals surface area contributed by atoms with Crippen molar-refractivity contribution < 1.29 is 9.84 Å². The van der Waals surface area contributed by atoms with Crippen molar-refractivity contribution in [2.45, 2.75) is 6.92 Å². The predicted molar refractivity (Wildman–Crippen MR) is 113 cm³/mol. The lowest BCUT2D eigenvalue weighted by Gasteiger charge is -2.09. The summed E-state index contributed by atoms with van der Waals surface area (Å²) in [5.41, 5.74) is 5.09. The molecule has 1 aromatic heterocycles. The number of rotatable bonds is 5. The third-order valence-electron chi connectivity index (χ3n) is 3.63. The summed E-state index contributed by atoms with van der Waals surface area (Å²) >= 11 is 6.74. The first-order valence-corrected chi connectivity index (χ1v) is 9.52. The molecule has 6 nitrogen and oxygen atoms in total. The van der Waals surface area contributed by atoms with Gasteiger partial charge in [0.15, 0.2) is 11.6 Å². The molecule has 0 bridgehead atoms. The molecule has 0 saturated heterocycles. The Kier molecular flexibility index (Phi) is 6.08. The number of nitrogens with zero attached hydrogens (tertiary/aromatic N) is 3. The number of hydrogen-bond acceptors (Lipinski definition) is 6. The molecule has 1 heterocycles. The summed E-state index contributed by atoms with van der Waals surface area (Å²) < 4.78 is 6.50. The molecule has 0 radical (unpaired) electrons. The van der Waals surface area contributed by atoms with Gasteiger partial charge in [-0.25, -0.2) is 9.97 Å². The second-order valence-electron chi connectivity index (χ2n) is 5.65. The van der Waals surface area contributed by atoms with Crippen LogP contribution < -0.4 is 10.2 Å². The average molecular weight is 492 g/mol. The largest absolute Gasteiger partial charge is 0.506 e. The minimum absolute atomic E-state index is 0.0801. The fourth-order valence-electron chi connectivity index (χ4n) is 2.35. The number of aromatic nitrogens is 2. The van der Waals surface area contributed by atoms with Gasteiger partial charge in [-0.2, -0.15) is 5.10 Å². The molecule has 0 saturated carbocycles. The Hall–Kier alpha value is -2.45. The van der Waals surface area contributed by atoms with Crippen LogP contribution in [0.1, 0.15) is 11.3 Å². The number of hydrogen-bond donors (Lipinski definition) is 2. The molecule has 138 valence electrons. The number of benzene rings is 2. The number of nitrogens with one attached hydrogen (secondary N) is 1. The van der Waals surface area contributed by atoms with E-state index in [0.717, 1.165) is 21.5 Å². The summed E-state index contributed by atoms with van der Waals surface area (Å²) in [6.07, 6.45) is 1.68. The minimum atomic E-state index is 0.0801. The third kappa shape index (κ3) is 4.84. The van der Waals surface area contributed by atoms with Crippen LogP contribution in [0.15, 0.2) is 56.5 Å². The summed E-state index contributed by atoms with van der Waals surface area (Å²) in [4.78, 5) is 8.86. The van der Waals surface area contributed by atoms with Crippen LogP contribution in [-0.4, -0.2) is 28.4 Å². The summed E-state index contributed by atoms with van der Waals surface area (Å²) in [5, 5.41) is 14.5. The number of hydrazone groups is 1. The van der Waals surface area contributed by atoms with Crippen molar-refractivity contribution in [3.8, 4) is 22.9 Å². The maximum Gasteiger partial charge on any atom is 0.165 e. The first-order valence-electron chi connectivity index (χ1n) is 7.93. The molecule has 8 heteroatoms. The van der Waals surface area contributed by atoms with E-state index in [1.807, 2.05) is 31.2 Å². The second-order valence-corrected chi connectivity index (χ2v) is 7.42. The number of methoxy groups -OCH3 is 1. The van der Waals surface area contributed by atoms with Gasteiger partial charge in [-0.15, -0.1) is 0 Å². The lowest BCUT2D eigenvalue weighted by atomic mass is 10.2. The van der Waals surface area contributed by atoms with Crippen molar-refractivity contribution in [2.24, 2.45) is 5.10 Å². The van der Waals surface area contributed by atoms with Gasteiger partial charge in [-0.3, -0.25) is 5.43 Å². The Bertz CT molecular complexity index is 992. The SMILES string of the molecule is COc1ccc(/C=N\Nc2cc(C)nc(-c3cc(Br)cc(Br)c3O)n2)cc1. The number of aromatic hydroxyl groups is 1. The van der Waals surface area contributed by atoms with E-state index in [9.17, 15) is 5.11 Å². The Morgan fingerprint density at radius 1 is 1.11 bits per heavy atom.